The molecule has 6 heteroatoms. The Morgan fingerprint density at radius 1 is 0.968 bits per heavy atom. The number of aromatic nitrogens is 2. The van der Waals surface area contributed by atoms with Crippen molar-refractivity contribution < 1.29 is 4.74 Å². The lowest BCUT2D eigenvalue weighted by Gasteiger charge is -2.12. The van der Waals surface area contributed by atoms with Gasteiger partial charge < -0.3 is 15.4 Å². The lowest BCUT2D eigenvalue weighted by molar-refractivity contribution is 0.107. The van der Waals surface area contributed by atoms with Crippen LogP contribution >= 0.6 is 0 Å². The second kappa shape index (κ2) is 11.3. The van der Waals surface area contributed by atoms with Gasteiger partial charge in [-0.2, -0.15) is 5.10 Å². The number of hydrogen-bond donors (Lipinski definition) is 2. The van der Waals surface area contributed by atoms with Gasteiger partial charge in [-0.05, 0) is 37.5 Å². The second-order valence-corrected chi connectivity index (χ2v) is 7.62. The van der Waals surface area contributed by atoms with E-state index in [4.69, 9.17) is 9.73 Å². The minimum absolute atomic E-state index is 0.588. The van der Waals surface area contributed by atoms with Crippen molar-refractivity contribution in [3.63, 3.8) is 0 Å². The van der Waals surface area contributed by atoms with E-state index in [9.17, 15) is 0 Å². The normalized spacial score (nSPS) is 11.5. The quantitative estimate of drug-likeness (QED) is 0.406. The maximum Gasteiger partial charge on any atom is 0.191 e. The molecule has 0 unspecified atom stereocenters. The van der Waals surface area contributed by atoms with E-state index < -0.39 is 0 Å². The fraction of sp³-hybridized carbons (Fsp3) is 0.360. The van der Waals surface area contributed by atoms with Gasteiger partial charge in [0, 0.05) is 31.4 Å². The van der Waals surface area contributed by atoms with Crippen LogP contribution in [0.2, 0.25) is 0 Å². The third kappa shape index (κ3) is 6.69. The number of aliphatic imine (C=N–C) groups is 1. The Morgan fingerprint density at radius 3 is 2.39 bits per heavy atom. The standard InChI is InChI=1S/C25H33N5O/c1-5-26-25(28-16-24-19(2)29-30(4)20(24)3)27-15-22-12-9-13-23(14-22)18-31-17-21-10-7-6-8-11-21/h6-14H,5,15-18H2,1-4H3,(H2,26,27,28). The number of benzene rings is 2. The lowest BCUT2D eigenvalue weighted by atomic mass is 10.1. The summed E-state index contributed by atoms with van der Waals surface area (Å²) in [5.74, 6) is 0.802. The van der Waals surface area contributed by atoms with E-state index in [0.717, 1.165) is 29.3 Å². The van der Waals surface area contributed by atoms with E-state index in [0.29, 0.717) is 26.3 Å². The van der Waals surface area contributed by atoms with Crippen molar-refractivity contribution in [2.45, 2.75) is 47.1 Å². The average Bonchev–Trinajstić information content (AvgIpc) is 3.02. The molecule has 3 rings (SSSR count). The number of nitrogens with zero attached hydrogens (tertiary/aromatic N) is 3. The van der Waals surface area contributed by atoms with Crippen molar-refractivity contribution in [2.75, 3.05) is 6.54 Å². The molecule has 2 N–H and O–H groups in total. The Balaban J connectivity index is 1.56. The van der Waals surface area contributed by atoms with E-state index in [2.05, 4.69) is 66.0 Å². The summed E-state index contributed by atoms with van der Waals surface area (Å²) < 4.78 is 7.79. The van der Waals surface area contributed by atoms with E-state index >= 15 is 0 Å². The summed E-state index contributed by atoms with van der Waals surface area (Å²) in [6, 6.07) is 18.7. The van der Waals surface area contributed by atoms with Crippen LogP contribution in [0.25, 0.3) is 0 Å². The van der Waals surface area contributed by atoms with E-state index in [-0.39, 0.29) is 0 Å². The monoisotopic (exact) mass is 419 g/mol. The number of ether oxygens (including phenoxy) is 1. The third-order valence-corrected chi connectivity index (χ3v) is 5.23. The SMILES string of the molecule is CCNC(=NCc1cccc(COCc2ccccc2)c1)NCc1c(C)nn(C)c1C. The van der Waals surface area contributed by atoms with Crippen LogP contribution in [0.5, 0.6) is 0 Å². The smallest absolute Gasteiger partial charge is 0.191 e. The van der Waals surface area contributed by atoms with Crippen LogP contribution in [-0.4, -0.2) is 22.3 Å². The molecule has 0 atom stereocenters. The highest BCUT2D eigenvalue weighted by atomic mass is 16.5. The Kier molecular flexibility index (Phi) is 8.24. The average molecular weight is 420 g/mol. The van der Waals surface area contributed by atoms with Crippen molar-refractivity contribution >= 4 is 5.96 Å². The fourth-order valence-corrected chi connectivity index (χ4v) is 3.44. The Labute approximate surface area is 185 Å². The molecule has 0 saturated carbocycles. The Hall–Kier alpha value is -3.12. The molecule has 0 aliphatic carbocycles. The zero-order valence-electron chi connectivity index (χ0n) is 19.0. The molecule has 0 aliphatic heterocycles. The first kappa shape index (κ1) is 22.6. The molecule has 6 nitrogen and oxygen atoms in total. The van der Waals surface area contributed by atoms with Gasteiger partial charge >= 0.3 is 0 Å². The van der Waals surface area contributed by atoms with Gasteiger partial charge in [-0.1, -0.05) is 54.6 Å². The van der Waals surface area contributed by atoms with Gasteiger partial charge in [-0.3, -0.25) is 4.68 Å². The molecule has 1 aromatic heterocycles. The van der Waals surface area contributed by atoms with Crippen LogP contribution in [0.1, 0.15) is 40.6 Å². The summed E-state index contributed by atoms with van der Waals surface area (Å²) in [5.41, 5.74) is 6.93. The molecule has 3 aromatic rings. The van der Waals surface area contributed by atoms with Crippen molar-refractivity contribution in [1.29, 1.82) is 0 Å². The molecule has 0 spiro atoms. The molecular formula is C25H33N5O. The number of guanidine groups is 1. The van der Waals surface area contributed by atoms with Gasteiger partial charge in [0.2, 0.25) is 0 Å². The van der Waals surface area contributed by atoms with Gasteiger partial charge in [0.05, 0.1) is 25.5 Å². The van der Waals surface area contributed by atoms with Crippen LogP contribution < -0.4 is 10.6 Å². The van der Waals surface area contributed by atoms with E-state index in [1.165, 1.54) is 16.8 Å². The van der Waals surface area contributed by atoms with Gasteiger partial charge in [-0.15, -0.1) is 0 Å². The van der Waals surface area contributed by atoms with Crippen molar-refractivity contribution in [3.05, 3.63) is 88.2 Å². The maximum absolute atomic E-state index is 5.87. The van der Waals surface area contributed by atoms with Gasteiger partial charge in [0.1, 0.15) is 0 Å². The van der Waals surface area contributed by atoms with Crippen LogP contribution in [0.4, 0.5) is 0 Å². The molecule has 0 saturated heterocycles. The number of aryl methyl sites for hydroxylation is 2. The van der Waals surface area contributed by atoms with Gasteiger partial charge in [-0.25, -0.2) is 4.99 Å². The Morgan fingerprint density at radius 2 is 1.68 bits per heavy atom. The van der Waals surface area contributed by atoms with Crippen molar-refractivity contribution in [2.24, 2.45) is 12.0 Å². The van der Waals surface area contributed by atoms with E-state index in [1.807, 2.05) is 36.9 Å². The minimum atomic E-state index is 0.588. The molecule has 31 heavy (non-hydrogen) atoms. The molecule has 1 heterocycles. The molecule has 0 amide bonds. The van der Waals surface area contributed by atoms with Crippen LogP contribution in [-0.2, 0) is 38.1 Å². The predicted molar refractivity (Wildman–Crippen MR) is 126 cm³/mol. The van der Waals surface area contributed by atoms with Gasteiger partial charge in [0.15, 0.2) is 5.96 Å². The Bertz CT molecular complexity index is 994. The first-order chi connectivity index (χ1) is 15.1. The summed E-state index contributed by atoms with van der Waals surface area (Å²) in [6.07, 6.45) is 0. The number of hydrogen-bond acceptors (Lipinski definition) is 3. The van der Waals surface area contributed by atoms with Crippen LogP contribution in [0.3, 0.4) is 0 Å². The highest BCUT2D eigenvalue weighted by molar-refractivity contribution is 5.79. The molecule has 0 fully saturated rings. The molecule has 164 valence electrons. The lowest BCUT2D eigenvalue weighted by Crippen LogP contribution is -2.37. The van der Waals surface area contributed by atoms with Crippen LogP contribution in [0.15, 0.2) is 59.6 Å². The maximum atomic E-state index is 5.87. The topological polar surface area (TPSA) is 63.5 Å². The summed E-state index contributed by atoms with van der Waals surface area (Å²) in [7, 11) is 1.97. The summed E-state index contributed by atoms with van der Waals surface area (Å²) in [5, 5.41) is 11.2. The largest absolute Gasteiger partial charge is 0.372 e. The van der Waals surface area contributed by atoms with Crippen molar-refractivity contribution in [3.8, 4) is 0 Å². The highest BCUT2D eigenvalue weighted by Gasteiger charge is 2.09. The molecule has 0 radical (unpaired) electrons. The predicted octanol–water partition coefficient (Wildman–Crippen LogP) is 4.01. The first-order valence-electron chi connectivity index (χ1n) is 10.8. The summed E-state index contributed by atoms with van der Waals surface area (Å²) in [4.78, 5) is 4.76. The van der Waals surface area contributed by atoms with E-state index in [1.54, 1.807) is 0 Å². The summed E-state index contributed by atoms with van der Waals surface area (Å²) in [6.45, 7) is 9.52. The molecular weight excluding hydrogens is 386 g/mol. The molecule has 2 aromatic carbocycles. The van der Waals surface area contributed by atoms with Crippen LogP contribution in [0, 0.1) is 13.8 Å². The highest BCUT2D eigenvalue weighted by Crippen LogP contribution is 2.12. The number of nitrogens with one attached hydrogen (secondary N) is 2. The zero-order valence-corrected chi connectivity index (χ0v) is 19.0. The fourth-order valence-electron chi connectivity index (χ4n) is 3.44. The minimum Gasteiger partial charge on any atom is -0.372 e. The molecule has 0 bridgehead atoms. The number of rotatable bonds is 9. The second-order valence-electron chi connectivity index (χ2n) is 7.62. The molecule has 0 aliphatic rings. The van der Waals surface area contributed by atoms with Crippen molar-refractivity contribution in [1.82, 2.24) is 20.4 Å². The first-order valence-corrected chi connectivity index (χ1v) is 10.8. The third-order valence-electron chi connectivity index (χ3n) is 5.23. The zero-order chi connectivity index (χ0) is 22.1. The summed E-state index contributed by atoms with van der Waals surface area (Å²) >= 11 is 0. The van der Waals surface area contributed by atoms with Gasteiger partial charge in [0.25, 0.3) is 0 Å².